The molecule has 2 aliphatic rings. The molecule has 1 aromatic carbocycles. The maximum atomic E-state index is 10.3. The maximum Gasteiger partial charge on any atom is 0.220 e. The van der Waals surface area contributed by atoms with Crippen LogP contribution in [0.3, 0.4) is 0 Å². The molecule has 0 saturated carbocycles. The molecular weight excluding hydrogens is 337 g/mol. The Bertz CT molecular complexity index is 666. The highest BCUT2D eigenvalue weighted by molar-refractivity contribution is 6.34. The maximum absolute atomic E-state index is 10.3. The molecular formula is C15H19Cl2N5O. The average molecular weight is 356 g/mol. The summed E-state index contributed by atoms with van der Waals surface area (Å²) in [5.74, 6) is -0.675. The number of hydrogen-bond donors (Lipinski definition) is 5. The molecule has 0 saturated heterocycles. The predicted molar refractivity (Wildman–Crippen MR) is 91.8 cm³/mol. The van der Waals surface area contributed by atoms with Crippen molar-refractivity contribution < 1.29 is 5.11 Å². The first-order valence-corrected chi connectivity index (χ1v) is 8.15. The molecule has 2 heterocycles. The molecule has 2 atom stereocenters. The Morgan fingerprint density at radius 3 is 2.70 bits per heavy atom. The smallest absolute Gasteiger partial charge is 0.220 e. The SMILES string of the molecule is NC1=NC2=C(CC(CCc3cc(Cl)cc(Cl)c3)CN2)C(N)(O)N1. The second kappa shape index (κ2) is 6.20. The van der Waals surface area contributed by atoms with Crippen LogP contribution in [0.15, 0.2) is 34.6 Å². The molecule has 0 amide bonds. The van der Waals surface area contributed by atoms with Gasteiger partial charge in [0.05, 0.1) is 0 Å². The van der Waals surface area contributed by atoms with E-state index >= 15 is 0 Å². The Morgan fingerprint density at radius 1 is 1.30 bits per heavy atom. The third-order valence-corrected chi connectivity index (χ3v) is 4.55. The third kappa shape index (κ3) is 3.72. The fourth-order valence-electron chi connectivity index (χ4n) is 3.00. The largest absolute Gasteiger partial charge is 0.370 e. The van der Waals surface area contributed by atoms with Gasteiger partial charge in [0.1, 0.15) is 5.82 Å². The van der Waals surface area contributed by atoms with Crippen LogP contribution < -0.4 is 22.1 Å². The molecule has 0 fully saturated rings. The lowest BCUT2D eigenvalue weighted by molar-refractivity contribution is 0.0565. The van der Waals surface area contributed by atoms with E-state index in [9.17, 15) is 5.11 Å². The zero-order valence-electron chi connectivity index (χ0n) is 12.4. The molecule has 2 unspecified atom stereocenters. The highest BCUT2D eigenvalue weighted by Gasteiger charge is 2.37. The number of nitrogens with two attached hydrogens (primary N) is 2. The molecule has 2 aliphatic heterocycles. The second-order valence-electron chi connectivity index (χ2n) is 5.98. The number of nitrogens with zero attached hydrogens (tertiary/aromatic N) is 1. The van der Waals surface area contributed by atoms with Crippen molar-refractivity contribution in [3.8, 4) is 0 Å². The van der Waals surface area contributed by atoms with Gasteiger partial charge >= 0.3 is 0 Å². The number of halogens is 2. The molecule has 0 aliphatic carbocycles. The van der Waals surface area contributed by atoms with Gasteiger partial charge in [-0.2, -0.15) is 4.99 Å². The van der Waals surface area contributed by atoms with Gasteiger partial charge < -0.3 is 21.5 Å². The number of aliphatic imine (C=N–C) groups is 1. The molecule has 0 radical (unpaired) electrons. The number of rotatable bonds is 3. The minimum atomic E-state index is -1.66. The van der Waals surface area contributed by atoms with Crippen molar-refractivity contribution in [1.29, 1.82) is 0 Å². The van der Waals surface area contributed by atoms with Gasteiger partial charge in [0, 0.05) is 22.2 Å². The fraction of sp³-hybridized carbons (Fsp3) is 0.400. The van der Waals surface area contributed by atoms with Crippen LogP contribution in [0.25, 0.3) is 0 Å². The van der Waals surface area contributed by atoms with Crippen molar-refractivity contribution in [2.45, 2.75) is 25.1 Å². The summed E-state index contributed by atoms with van der Waals surface area (Å²) in [4.78, 5) is 4.15. The van der Waals surface area contributed by atoms with E-state index < -0.39 is 5.85 Å². The van der Waals surface area contributed by atoms with E-state index in [-0.39, 0.29) is 5.96 Å². The van der Waals surface area contributed by atoms with Gasteiger partial charge in [-0.1, -0.05) is 23.2 Å². The van der Waals surface area contributed by atoms with Gasteiger partial charge in [-0.3, -0.25) is 5.73 Å². The molecule has 23 heavy (non-hydrogen) atoms. The van der Waals surface area contributed by atoms with Crippen LogP contribution in [0.1, 0.15) is 18.4 Å². The minimum Gasteiger partial charge on any atom is -0.370 e. The summed E-state index contributed by atoms with van der Waals surface area (Å²) in [7, 11) is 0. The molecule has 6 nitrogen and oxygen atoms in total. The predicted octanol–water partition coefficient (Wildman–Crippen LogP) is 1.27. The van der Waals surface area contributed by atoms with E-state index in [0.29, 0.717) is 33.8 Å². The number of aliphatic hydroxyl groups is 1. The molecule has 7 N–H and O–H groups in total. The van der Waals surface area contributed by atoms with E-state index in [4.69, 9.17) is 34.7 Å². The van der Waals surface area contributed by atoms with Crippen molar-refractivity contribution in [2.24, 2.45) is 22.4 Å². The summed E-state index contributed by atoms with van der Waals surface area (Å²) in [6, 6.07) is 5.55. The number of hydrogen-bond acceptors (Lipinski definition) is 6. The Kier molecular flexibility index (Phi) is 4.42. The standard InChI is InChI=1S/C15H19Cl2N5O/c16-10-3-8(4-11(17)6-10)1-2-9-5-12-13(20-7-9)21-14(18)22-15(12,19)23/h3-4,6,9,20,23H,1-2,5,7,19H2,(H3,18,21,22). The van der Waals surface area contributed by atoms with Crippen molar-refractivity contribution in [1.82, 2.24) is 10.6 Å². The first-order valence-electron chi connectivity index (χ1n) is 7.39. The summed E-state index contributed by atoms with van der Waals surface area (Å²) in [5, 5.41) is 17.3. The molecule has 0 bridgehead atoms. The highest BCUT2D eigenvalue weighted by atomic mass is 35.5. The first-order chi connectivity index (χ1) is 10.8. The quantitative estimate of drug-likeness (QED) is 0.524. The Morgan fingerprint density at radius 2 is 2.00 bits per heavy atom. The number of nitrogens with one attached hydrogen (secondary N) is 2. The van der Waals surface area contributed by atoms with Gasteiger partial charge in [0.2, 0.25) is 5.85 Å². The van der Waals surface area contributed by atoms with Gasteiger partial charge in [0.15, 0.2) is 5.96 Å². The summed E-state index contributed by atoms with van der Waals surface area (Å²) in [5.41, 5.74) is 13.2. The van der Waals surface area contributed by atoms with Crippen LogP contribution >= 0.6 is 23.2 Å². The van der Waals surface area contributed by atoms with E-state index in [1.165, 1.54) is 0 Å². The minimum absolute atomic E-state index is 0.105. The van der Waals surface area contributed by atoms with Gasteiger partial charge in [0.25, 0.3) is 0 Å². The Labute approximate surface area is 144 Å². The molecule has 0 spiro atoms. The number of benzene rings is 1. The summed E-state index contributed by atoms with van der Waals surface area (Å²) >= 11 is 12.1. The summed E-state index contributed by atoms with van der Waals surface area (Å²) in [6.45, 7) is 0.750. The van der Waals surface area contributed by atoms with Crippen LogP contribution in [0, 0.1) is 5.92 Å². The van der Waals surface area contributed by atoms with Gasteiger partial charge in [-0.15, -0.1) is 0 Å². The number of guanidine groups is 1. The van der Waals surface area contributed by atoms with Crippen LogP contribution in [0.2, 0.25) is 10.0 Å². The average Bonchev–Trinajstić information content (AvgIpc) is 2.43. The Hall–Kier alpha value is -1.47. The molecule has 8 heteroatoms. The number of aryl methyl sites for hydroxylation is 1. The monoisotopic (exact) mass is 355 g/mol. The molecule has 1 aromatic rings. The van der Waals surface area contributed by atoms with E-state index in [1.807, 2.05) is 12.1 Å². The summed E-state index contributed by atoms with van der Waals surface area (Å²) < 4.78 is 0. The Balaban J connectivity index is 1.68. The van der Waals surface area contributed by atoms with Gasteiger partial charge in [-0.05, 0) is 48.9 Å². The third-order valence-electron chi connectivity index (χ3n) is 4.11. The van der Waals surface area contributed by atoms with E-state index in [1.54, 1.807) is 6.07 Å². The summed E-state index contributed by atoms with van der Waals surface area (Å²) in [6.07, 6.45) is 2.40. The van der Waals surface area contributed by atoms with Crippen LogP contribution in [0.5, 0.6) is 0 Å². The van der Waals surface area contributed by atoms with Crippen molar-refractivity contribution in [3.05, 3.63) is 45.2 Å². The lowest BCUT2D eigenvalue weighted by Gasteiger charge is -2.37. The van der Waals surface area contributed by atoms with E-state index in [0.717, 1.165) is 24.9 Å². The zero-order valence-corrected chi connectivity index (χ0v) is 14.0. The first kappa shape index (κ1) is 16.4. The van der Waals surface area contributed by atoms with Gasteiger partial charge in [-0.25, -0.2) is 0 Å². The van der Waals surface area contributed by atoms with Crippen molar-refractivity contribution in [3.63, 3.8) is 0 Å². The normalized spacial score (nSPS) is 27.0. The molecule has 124 valence electrons. The van der Waals surface area contributed by atoms with Crippen LogP contribution in [-0.2, 0) is 6.42 Å². The lowest BCUT2D eigenvalue weighted by atomic mass is 9.88. The molecule has 3 rings (SSSR count). The van der Waals surface area contributed by atoms with Crippen molar-refractivity contribution in [2.75, 3.05) is 6.54 Å². The lowest BCUT2D eigenvalue weighted by Crippen LogP contribution is -2.63. The second-order valence-corrected chi connectivity index (χ2v) is 6.86. The fourth-order valence-corrected chi connectivity index (χ4v) is 3.57. The van der Waals surface area contributed by atoms with Crippen LogP contribution in [-0.4, -0.2) is 23.5 Å². The highest BCUT2D eigenvalue weighted by Crippen LogP contribution is 2.30. The molecule has 0 aromatic heterocycles. The van der Waals surface area contributed by atoms with Crippen LogP contribution in [0.4, 0.5) is 0 Å². The van der Waals surface area contributed by atoms with Crippen molar-refractivity contribution >= 4 is 29.2 Å². The van der Waals surface area contributed by atoms with E-state index in [2.05, 4.69) is 15.6 Å². The topological polar surface area (TPSA) is 109 Å². The zero-order chi connectivity index (χ0) is 16.6.